The molecule has 1 aliphatic carbocycles. The number of aromatic amines is 1. The molecule has 1 saturated heterocycles. The Morgan fingerprint density at radius 1 is 1.29 bits per heavy atom. The topological polar surface area (TPSA) is 67.0 Å². The highest BCUT2D eigenvalue weighted by Crippen LogP contribution is 2.37. The molecular weight excluding hydrogens is 218 g/mol. The zero-order valence-electron chi connectivity index (χ0n) is 9.74. The van der Waals surface area contributed by atoms with Crippen LogP contribution in [0.1, 0.15) is 37.4 Å². The second kappa shape index (κ2) is 4.49. The molecule has 0 atom stereocenters. The predicted octanol–water partition coefficient (Wildman–Crippen LogP) is 1.24. The first-order valence-corrected chi connectivity index (χ1v) is 6.27. The highest BCUT2D eigenvalue weighted by molar-refractivity contribution is 5.35. The molecule has 0 aromatic carbocycles. The number of anilines is 1. The van der Waals surface area contributed by atoms with Gasteiger partial charge in [-0.2, -0.15) is 0 Å². The van der Waals surface area contributed by atoms with Crippen LogP contribution in [0.4, 0.5) is 5.82 Å². The van der Waals surface area contributed by atoms with Crippen molar-refractivity contribution in [3.05, 3.63) is 22.2 Å². The normalized spacial score (nSPS) is 21.4. The molecule has 5 nitrogen and oxygen atoms in total. The summed E-state index contributed by atoms with van der Waals surface area (Å²) in [6.45, 7) is 1.58. The average molecular weight is 235 g/mol. The minimum atomic E-state index is -0.0588. The quantitative estimate of drug-likeness (QED) is 0.827. The number of hydrogen-bond donors (Lipinski definition) is 2. The molecule has 1 aromatic heterocycles. The number of aromatic nitrogens is 2. The third kappa shape index (κ3) is 2.66. The Morgan fingerprint density at radius 2 is 2.06 bits per heavy atom. The van der Waals surface area contributed by atoms with Gasteiger partial charge in [-0.15, -0.1) is 0 Å². The molecule has 0 unspecified atom stereocenters. The standard InChI is InChI=1S/C12H17N3O2/c16-11-7-10(13-9-3-5-17-6-4-9)14-12(15-11)8-1-2-8/h7-9H,1-6H2,(H2,13,14,15,16). The lowest BCUT2D eigenvalue weighted by molar-refractivity contribution is 0.0904. The van der Waals surface area contributed by atoms with Crippen LogP contribution in [0, 0.1) is 0 Å². The summed E-state index contributed by atoms with van der Waals surface area (Å²) < 4.78 is 5.30. The van der Waals surface area contributed by atoms with E-state index in [1.807, 2.05) is 0 Å². The molecule has 1 aromatic rings. The molecule has 0 spiro atoms. The zero-order valence-corrected chi connectivity index (χ0v) is 9.74. The molecule has 3 rings (SSSR count). The van der Waals surface area contributed by atoms with Crippen LogP contribution in [-0.4, -0.2) is 29.2 Å². The maximum Gasteiger partial charge on any atom is 0.252 e. The van der Waals surface area contributed by atoms with Gasteiger partial charge in [0.1, 0.15) is 11.6 Å². The van der Waals surface area contributed by atoms with Crippen LogP contribution in [0.5, 0.6) is 0 Å². The van der Waals surface area contributed by atoms with Crippen LogP contribution < -0.4 is 10.9 Å². The van der Waals surface area contributed by atoms with Crippen LogP contribution in [0.15, 0.2) is 10.9 Å². The van der Waals surface area contributed by atoms with E-state index in [9.17, 15) is 4.79 Å². The lowest BCUT2D eigenvalue weighted by Gasteiger charge is -2.23. The Morgan fingerprint density at radius 3 is 2.76 bits per heavy atom. The summed E-state index contributed by atoms with van der Waals surface area (Å²) in [4.78, 5) is 18.8. The molecular formula is C12H17N3O2. The number of nitrogens with one attached hydrogen (secondary N) is 2. The molecule has 2 aliphatic rings. The molecule has 92 valence electrons. The smallest absolute Gasteiger partial charge is 0.252 e. The van der Waals surface area contributed by atoms with Gasteiger partial charge in [0.05, 0.1) is 0 Å². The first-order valence-electron chi connectivity index (χ1n) is 6.27. The molecule has 5 heteroatoms. The van der Waals surface area contributed by atoms with Gasteiger partial charge in [0.15, 0.2) is 0 Å². The van der Waals surface area contributed by atoms with Gasteiger partial charge in [-0.25, -0.2) is 4.98 Å². The zero-order chi connectivity index (χ0) is 11.7. The molecule has 2 fully saturated rings. The van der Waals surface area contributed by atoms with Crippen molar-refractivity contribution >= 4 is 5.82 Å². The lowest BCUT2D eigenvalue weighted by atomic mass is 10.1. The molecule has 1 saturated carbocycles. The van der Waals surface area contributed by atoms with E-state index in [1.165, 1.54) is 0 Å². The van der Waals surface area contributed by atoms with E-state index in [1.54, 1.807) is 6.07 Å². The summed E-state index contributed by atoms with van der Waals surface area (Å²) in [6.07, 6.45) is 4.24. The lowest BCUT2D eigenvalue weighted by Crippen LogP contribution is -2.29. The van der Waals surface area contributed by atoms with Crippen molar-refractivity contribution in [2.75, 3.05) is 18.5 Å². The Kier molecular flexibility index (Phi) is 2.84. The second-order valence-electron chi connectivity index (χ2n) is 4.82. The van der Waals surface area contributed by atoms with E-state index in [4.69, 9.17) is 4.74 Å². The molecule has 1 aliphatic heterocycles. The van der Waals surface area contributed by atoms with E-state index in [2.05, 4.69) is 15.3 Å². The van der Waals surface area contributed by atoms with Crippen LogP contribution in [0.25, 0.3) is 0 Å². The van der Waals surface area contributed by atoms with Crippen molar-refractivity contribution in [1.29, 1.82) is 0 Å². The van der Waals surface area contributed by atoms with Gasteiger partial charge < -0.3 is 15.0 Å². The molecule has 0 radical (unpaired) electrons. The van der Waals surface area contributed by atoms with Gasteiger partial charge in [-0.3, -0.25) is 4.79 Å². The molecule has 0 amide bonds. The number of ether oxygens (including phenoxy) is 1. The highest BCUT2D eigenvalue weighted by Gasteiger charge is 2.26. The largest absolute Gasteiger partial charge is 0.381 e. The maximum atomic E-state index is 11.5. The van der Waals surface area contributed by atoms with Gasteiger partial charge >= 0.3 is 0 Å². The summed E-state index contributed by atoms with van der Waals surface area (Å²) in [5, 5.41) is 3.33. The van der Waals surface area contributed by atoms with Gasteiger partial charge in [-0.1, -0.05) is 0 Å². The fraction of sp³-hybridized carbons (Fsp3) is 0.667. The summed E-state index contributed by atoms with van der Waals surface area (Å²) in [5.74, 6) is 2.02. The summed E-state index contributed by atoms with van der Waals surface area (Å²) in [6, 6.07) is 1.92. The third-order valence-corrected chi connectivity index (χ3v) is 3.30. The summed E-state index contributed by atoms with van der Waals surface area (Å²) in [5.41, 5.74) is -0.0588. The fourth-order valence-electron chi connectivity index (χ4n) is 2.15. The van der Waals surface area contributed by atoms with Crippen LogP contribution in [0.2, 0.25) is 0 Å². The number of nitrogens with zero attached hydrogens (tertiary/aromatic N) is 1. The van der Waals surface area contributed by atoms with Crippen molar-refractivity contribution in [1.82, 2.24) is 9.97 Å². The summed E-state index contributed by atoms with van der Waals surface area (Å²) >= 11 is 0. The van der Waals surface area contributed by atoms with E-state index in [0.717, 1.165) is 44.7 Å². The van der Waals surface area contributed by atoms with Crippen molar-refractivity contribution in [3.63, 3.8) is 0 Å². The summed E-state index contributed by atoms with van der Waals surface area (Å²) in [7, 11) is 0. The van der Waals surface area contributed by atoms with Crippen LogP contribution in [-0.2, 0) is 4.74 Å². The highest BCUT2D eigenvalue weighted by atomic mass is 16.5. The second-order valence-corrected chi connectivity index (χ2v) is 4.82. The van der Waals surface area contributed by atoms with Crippen molar-refractivity contribution in [3.8, 4) is 0 Å². The average Bonchev–Trinajstić information content (AvgIpc) is 3.13. The van der Waals surface area contributed by atoms with Crippen molar-refractivity contribution in [2.45, 2.75) is 37.6 Å². The van der Waals surface area contributed by atoms with Gasteiger partial charge in [0.2, 0.25) is 0 Å². The Hall–Kier alpha value is -1.36. The monoisotopic (exact) mass is 235 g/mol. The number of hydrogen-bond acceptors (Lipinski definition) is 4. The Balaban J connectivity index is 1.74. The number of rotatable bonds is 3. The fourth-order valence-corrected chi connectivity index (χ4v) is 2.15. The predicted molar refractivity (Wildman–Crippen MR) is 64.3 cm³/mol. The van der Waals surface area contributed by atoms with Gasteiger partial charge in [0.25, 0.3) is 5.56 Å². The van der Waals surface area contributed by atoms with E-state index in [-0.39, 0.29) is 5.56 Å². The Labute approximate surface area is 99.6 Å². The molecule has 2 N–H and O–H groups in total. The van der Waals surface area contributed by atoms with Crippen LogP contribution in [0.3, 0.4) is 0 Å². The minimum absolute atomic E-state index is 0.0588. The van der Waals surface area contributed by atoms with E-state index >= 15 is 0 Å². The van der Waals surface area contributed by atoms with Crippen molar-refractivity contribution in [2.24, 2.45) is 0 Å². The minimum Gasteiger partial charge on any atom is -0.381 e. The van der Waals surface area contributed by atoms with Crippen LogP contribution >= 0.6 is 0 Å². The first kappa shape index (κ1) is 10.8. The molecule has 0 bridgehead atoms. The van der Waals surface area contributed by atoms with E-state index in [0.29, 0.717) is 17.8 Å². The van der Waals surface area contributed by atoms with Gasteiger partial charge in [0, 0.05) is 31.2 Å². The molecule has 17 heavy (non-hydrogen) atoms. The molecule has 2 heterocycles. The van der Waals surface area contributed by atoms with E-state index < -0.39 is 0 Å². The SMILES string of the molecule is O=c1cc(NC2CCOCC2)nc(C2CC2)[nH]1. The van der Waals surface area contributed by atoms with Gasteiger partial charge in [-0.05, 0) is 25.7 Å². The maximum absolute atomic E-state index is 11.5. The Bertz CT molecular complexity index is 447. The number of H-pyrrole nitrogens is 1. The third-order valence-electron chi connectivity index (χ3n) is 3.30. The van der Waals surface area contributed by atoms with Crippen molar-refractivity contribution < 1.29 is 4.74 Å². The first-order chi connectivity index (χ1) is 8.31.